The largest absolute Gasteiger partial charge is 0.457 e. The van der Waals surface area contributed by atoms with Crippen LogP contribution in [0.4, 0.5) is 0 Å². The van der Waals surface area contributed by atoms with E-state index in [1.807, 2.05) is 26.0 Å². The molecule has 0 aliphatic carbocycles. The van der Waals surface area contributed by atoms with Crippen LogP contribution in [0.25, 0.3) is 5.53 Å². The highest BCUT2D eigenvalue weighted by molar-refractivity contribution is 6.41. The number of nitrogens with zero attached hydrogens (tertiary/aromatic N) is 2. The predicted molar refractivity (Wildman–Crippen MR) is 60.3 cm³/mol. The lowest BCUT2D eigenvalue weighted by molar-refractivity contribution is -0.139. The van der Waals surface area contributed by atoms with Crippen LogP contribution in [0.3, 0.4) is 0 Å². The van der Waals surface area contributed by atoms with E-state index in [9.17, 15) is 4.79 Å². The maximum absolute atomic E-state index is 11.5. The van der Waals surface area contributed by atoms with Gasteiger partial charge in [-0.2, -0.15) is 4.79 Å². The van der Waals surface area contributed by atoms with Crippen molar-refractivity contribution in [3.8, 4) is 0 Å². The number of carbonyl (C=O) groups is 1. The van der Waals surface area contributed by atoms with Gasteiger partial charge in [-0.3, -0.25) is 0 Å². The summed E-state index contributed by atoms with van der Waals surface area (Å²) < 4.78 is 4.81. The van der Waals surface area contributed by atoms with Crippen molar-refractivity contribution in [3.05, 3.63) is 40.4 Å². The number of benzene rings is 1. The minimum atomic E-state index is -0.612. The van der Waals surface area contributed by atoms with E-state index >= 15 is 0 Å². The molecule has 0 unspecified atom stereocenters. The quantitative estimate of drug-likeness (QED) is 0.336. The Hall–Kier alpha value is -1.93. The van der Waals surface area contributed by atoms with Crippen LogP contribution in [0.2, 0.25) is 0 Å². The van der Waals surface area contributed by atoms with Crippen molar-refractivity contribution in [2.75, 3.05) is 6.61 Å². The lowest BCUT2D eigenvalue weighted by Gasteiger charge is -2.02. The van der Waals surface area contributed by atoms with Crippen molar-refractivity contribution < 1.29 is 14.3 Å². The van der Waals surface area contributed by atoms with Crippen LogP contribution in [-0.2, 0) is 9.53 Å². The third-order valence-corrected chi connectivity index (χ3v) is 2.22. The van der Waals surface area contributed by atoms with E-state index in [4.69, 9.17) is 10.3 Å². The Kier molecular flexibility index (Phi) is 3.97. The van der Waals surface area contributed by atoms with Gasteiger partial charge in [-0.15, -0.1) is 0 Å². The Morgan fingerprint density at radius 3 is 2.69 bits per heavy atom. The zero-order valence-electron chi connectivity index (χ0n) is 9.65. The molecule has 0 amide bonds. The Bertz CT molecular complexity index is 460. The summed E-state index contributed by atoms with van der Waals surface area (Å²) in [6, 6.07) is 5.59. The van der Waals surface area contributed by atoms with Gasteiger partial charge < -0.3 is 10.3 Å². The highest BCUT2D eigenvalue weighted by Crippen LogP contribution is 2.11. The number of rotatable bonds is 3. The first-order valence-electron chi connectivity index (χ1n) is 5.07. The van der Waals surface area contributed by atoms with Crippen LogP contribution >= 0.6 is 0 Å². The second kappa shape index (κ2) is 5.24. The summed E-state index contributed by atoms with van der Waals surface area (Å²) in [4.78, 5) is 14.5. The first kappa shape index (κ1) is 12.1. The van der Waals surface area contributed by atoms with Gasteiger partial charge in [-0.05, 0) is 32.4 Å². The fourth-order valence-corrected chi connectivity index (χ4v) is 1.40. The monoisotopic (exact) mass is 218 g/mol. The Morgan fingerprint density at radius 1 is 1.44 bits per heavy atom. The summed E-state index contributed by atoms with van der Waals surface area (Å²) in [5.41, 5.74) is 11.3. The summed E-state index contributed by atoms with van der Waals surface area (Å²) in [7, 11) is 0. The minimum Gasteiger partial charge on any atom is -0.457 e. The summed E-state index contributed by atoms with van der Waals surface area (Å²) in [6.45, 7) is 5.71. The number of hydrogen-bond acceptors (Lipinski definition) is 2. The standard InChI is InChI=1S/C12H14N2O2/c1-4-16-12(15)11(14-13)10-7-8(2)5-6-9(10)3/h5-7H,4H2,1-3H3. The second-order valence-electron chi connectivity index (χ2n) is 3.49. The maximum atomic E-state index is 11.5. The molecule has 0 radical (unpaired) electrons. The van der Waals surface area contributed by atoms with E-state index in [0.29, 0.717) is 5.56 Å². The zero-order chi connectivity index (χ0) is 12.1. The third-order valence-electron chi connectivity index (χ3n) is 2.22. The van der Waals surface area contributed by atoms with Crippen molar-refractivity contribution in [2.24, 2.45) is 0 Å². The average Bonchev–Trinajstić information content (AvgIpc) is 2.24. The van der Waals surface area contributed by atoms with Gasteiger partial charge in [-0.1, -0.05) is 17.7 Å². The van der Waals surface area contributed by atoms with E-state index in [1.165, 1.54) is 0 Å². The molecular formula is C12H14N2O2. The van der Waals surface area contributed by atoms with E-state index in [2.05, 4.69) is 4.79 Å². The van der Waals surface area contributed by atoms with Gasteiger partial charge in [0.2, 0.25) is 0 Å². The van der Waals surface area contributed by atoms with E-state index in [0.717, 1.165) is 11.1 Å². The molecule has 84 valence electrons. The SMILES string of the molecule is CCOC(=O)C(=[N+]=[N-])c1cc(C)ccc1C. The normalized spacial score (nSPS) is 9.44. The molecule has 1 aromatic carbocycles. The van der Waals surface area contributed by atoms with Gasteiger partial charge in [0, 0.05) is 0 Å². The third kappa shape index (κ3) is 2.55. The lowest BCUT2D eigenvalue weighted by Crippen LogP contribution is -2.20. The Morgan fingerprint density at radius 2 is 2.12 bits per heavy atom. The number of aryl methyl sites for hydroxylation is 2. The molecule has 0 saturated carbocycles. The van der Waals surface area contributed by atoms with Crippen LogP contribution in [0.1, 0.15) is 23.6 Å². The molecule has 1 rings (SSSR count). The van der Waals surface area contributed by atoms with Crippen molar-refractivity contribution in [1.82, 2.24) is 0 Å². The molecule has 4 nitrogen and oxygen atoms in total. The van der Waals surface area contributed by atoms with Gasteiger partial charge in [0.05, 0.1) is 12.2 Å². The van der Waals surface area contributed by atoms with Gasteiger partial charge in [0.1, 0.15) is 0 Å². The Labute approximate surface area is 94.5 Å². The molecule has 0 aliphatic rings. The summed E-state index contributed by atoms with van der Waals surface area (Å²) in [5, 5.41) is 0. The molecule has 0 N–H and O–H groups in total. The van der Waals surface area contributed by atoms with Crippen molar-refractivity contribution in [1.29, 1.82) is 0 Å². The summed E-state index contributed by atoms with van der Waals surface area (Å²) in [5.74, 6) is -0.612. The second-order valence-corrected chi connectivity index (χ2v) is 3.49. The molecule has 0 fully saturated rings. The van der Waals surface area contributed by atoms with Crippen LogP contribution in [0.5, 0.6) is 0 Å². The number of hydrogen-bond donors (Lipinski definition) is 0. The highest BCUT2D eigenvalue weighted by atomic mass is 16.5. The fourth-order valence-electron chi connectivity index (χ4n) is 1.40. The van der Waals surface area contributed by atoms with Gasteiger partial charge in [-0.25, -0.2) is 4.79 Å². The molecule has 0 heterocycles. The first-order chi connectivity index (χ1) is 7.60. The van der Waals surface area contributed by atoms with Gasteiger partial charge >= 0.3 is 11.7 Å². The first-order valence-corrected chi connectivity index (χ1v) is 5.07. The Balaban J connectivity index is 3.20. The van der Waals surface area contributed by atoms with Crippen molar-refractivity contribution >= 4 is 11.7 Å². The van der Waals surface area contributed by atoms with E-state index in [-0.39, 0.29) is 12.3 Å². The molecular weight excluding hydrogens is 204 g/mol. The number of ether oxygens (including phenoxy) is 1. The molecule has 0 spiro atoms. The molecule has 0 aromatic heterocycles. The van der Waals surface area contributed by atoms with Crippen LogP contribution < -0.4 is 0 Å². The molecule has 1 aromatic rings. The van der Waals surface area contributed by atoms with Crippen molar-refractivity contribution in [2.45, 2.75) is 20.8 Å². The lowest BCUT2D eigenvalue weighted by atomic mass is 10.0. The van der Waals surface area contributed by atoms with Crippen LogP contribution in [0, 0.1) is 13.8 Å². The average molecular weight is 218 g/mol. The number of esters is 1. The molecule has 0 bridgehead atoms. The molecule has 4 heteroatoms. The smallest absolute Gasteiger partial charge is 0.422 e. The van der Waals surface area contributed by atoms with E-state index in [1.54, 1.807) is 13.0 Å². The molecule has 0 aliphatic heterocycles. The zero-order valence-corrected chi connectivity index (χ0v) is 9.65. The van der Waals surface area contributed by atoms with Crippen LogP contribution in [0.15, 0.2) is 18.2 Å². The van der Waals surface area contributed by atoms with Crippen molar-refractivity contribution in [3.63, 3.8) is 0 Å². The summed E-state index contributed by atoms with van der Waals surface area (Å²) >= 11 is 0. The molecule has 0 atom stereocenters. The molecule has 16 heavy (non-hydrogen) atoms. The van der Waals surface area contributed by atoms with E-state index < -0.39 is 5.97 Å². The van der Waals surface area contributed by atoms with Gasteiger partial charge in [0.25, 0.3) is 0 Å². The fraction of sp³-hybridized carbons (Fsp3) is 0.333. The summed E-state index contributed by atoms with van der Waals surface area (Å²) in [6.07, 6.45) is 0. The molecule has 0 saturated heterocycles. The minimum absolute atomic E-state index is 0.0527. The highest BCUT2D eigenvalue weighted by Gasteiger charge is 2.25. The predicted octanol–water partition coefficient (Wildman–Crippen LogP) is 1.89. The van der Waals surface area contributed by atoms with Gasteiger partial charge in [0.15, 0.2) is 0 Å². The van der Waals surface area contributed by atoms with Crippen LogP contribution in [-0.4, -0.2) is 23.1 Å². The topological polar surface area (TPSA) is 62.7 Å². The number of carbonyl (C=O) groups excluding carboxylic acids is 1. The maximum Gasteiger partial charge on any atom is 0.422 e.